The summed E-state index contributed by atoms with van der Waals surface area (Å²) in [6.07, 6.45) is 5.88. The summed E-state index contributed by atoms with van der Waals surface area (Å²) in [4.78, 5) is 21.7. The number of pyridine rings is 1. The molecule has 6 rings (SSSR count). The molecule has 1 aromatic heterocycles. The number of aryl methyl sites for hydroxylation is 2. The van der Waals surface area contributed by atoms with Crippen LogP contribution in [0.3, 0.4) is 0 Å². The van der Waals surface area contributed by atoms with Gasteiger partial charge < -0.3 is 19.1 Å². The number of halogens is 1. The topological polar surface area (TPSA) is 87.9 Å². The Morgan fingerprint density at radius 2 is 1.54 bits per heavy atom. The molecule has 52 heavy (non-hydrogen) atoms. The maximum atomic E-state index is 13.1. The number of ether oxygens (including phenoxy) is 3. The highest BCUT2D eigenvalue weighted by Gasteiger charge is 2.20. The normalized spacial score (nSPS) is 13.2. The third kappa shape index (κ3) is 10.2. The SMILES string of the molecule is Cc1ccc(OCCc2ccc(CN3CCN(C(=O)/C=C/c4cc(Cl)c(Oc5ccc(OCc6ccc(C#N)cc6)cn5)cc4C)CC3)cc2)cc1. The molecule has 0 aliphatic carbocycles. The molecule has 1 aliphatic heterocycles. The molecule has 264 valence electrons. The summed E-state index contributed by atoms with van der Waals surface area (Å²) in [6, 6.07) is 33.3. The maximum Gasteiger partial charge on any atom is 0.246 e. The van der Waals surface area contributed by atoms with Crippen LogP contribution in [-0.2, 0) is 24.4 Å². The van der Waals surface area contributed by atoms with Crippen molar-refractivity contribution < 1.29 is 19.0 Å². The fraction of sp³-hybridized carbons (Fsp3) is 0.233. The third-order valence-electron chi connectivity index (χ3n) is 8.93. The van der Waals surface area contributed by atoms with Crippen molar-refractivity contribution in [1.29, 1.82) is 5.26 Å². The molecule has 0 N–H and O–H groups in total. The molecule has 1 aliphatic rings. The first-order chi connectivity index (χ1) is 25.3. The summed E-state index contributed by atoms with van der Waals surface area (Å²) in [7, 11) is 0. The summed E-state index contributed by atoms with van der Waals surface area (Å²) in [5.74, 6) is 2.32. The van der Waals surface area contributed by atoms with E-state index >= 15 is 0 Å². The predicted octanol–water partition coefficient (Wildman–Crippen LogP) is 8.57. The summed E-state index contributed by atoms with van der Waals surface area (Å²) in [6.45, 7) is 8.88. The molecule has 0 radical (unpaired) electrons. The van der Waals surface area contributed by atoms with Gasteiger partial charge in [0, 0.05) is 51.3 Å². The van der Waals surface area contributed by atoms with Crippen LogP contribution < -0.4 is 14.2 Å². The first kappa shape index (κ1) is 36.2. The van der Waals surface area contributed by atoms with E-state index in [9.17, 15) is 4.79 Å². The van der Waals surface area contributed by atoms with Gasteiger partial charge in [0.1, 0.15) is 23.9 Å². The van der Waals surface area contributed by atoms with Crippen LogP contribution in [-0.4, -0.2) is 53.5 Å². The average molecular weight is 713 g/mol. The Bertz CT molecular complexity index is 2020. The van der Waals surface area contributed by atoms with E-state index in [1.807, 2.05) is 48.2 Å². The summed E-state index contributed by atoms with van der Waals surface area (Å²) < 4.78 is 17.6. The number of rotatable bonds is 13. The molecule has 0 bridgehead atoms. The second-order valence-corrected chi connectivity index (χ2v) is 13.2. The Labute approximate surface area is 310 Å². The van der Waals surface area contributed by atoms with Gasteiger partial charge in [-0.2, -0.15) is 5.26 Å². The van der Waals surface area contributed by atoms with Crippen LogP contribution in [0.1, 0.15) is 38.9 Å². The van der Waals surface area contributed by atoms with Crippen LogP contribution >= 0.6 is 11.6 Å². The zero-order valence-corrected chi connectivity index (χ0v) is 30.2. The second kappa shape index (κ2) is 17.5. The van der Waals surface area contributed by atoms with Gasteiger partial charge in [0.15, 0.2) is 0 Å². The fourth-order valence-electron chi connectivity index (χ4n) is 5.78. The van der Waals surface area contributed by atoms with Gasteiger partial charge >= 0.3 is 0 Å². The van der Waals surface area contributed by atoms with E-state index in [4.69, 9.17) is 31.1 Å². The van der Waals surface area contributed by atoms with Crippen LogP contribution in [0.2, 0.25) is 5.02 Å². The van der Waals surface area contributed by atoms with Crippen molar-refractivity contribution in [1.82, 2.24) is 14.8 Å². The summed E-state index contributed by atoms with van der Waals surface area (Å²) in [5, 5.41) is 9.37. The molecule has 0 unspecified atom stereocenters. The van der Waals surface area contributed by atoms with Crippen LogP contribution in [0.5, 0.6) is 23.1 Å². The van der Waals surface area contributed by atoms with Crippen molar-refractivity contribution in [3.05, 3.63) is 153 Å². The minimum absolute atomic E-state index is 0.0154. The third-order valence-corrected chi connectivity index (χ3v) is 9.23. The van der Waals surface area contributed by atoms with Gasteiger partial charge in [-0.3, -0.25) is 9.69 Å². The molecule has 1 saturated heterocycles. The molecule has 9 heteroatoms. The van der Waals surface area contributed by atoms with Crippen molar-refractivity contribution in [2.75, 3.05) is 32.8 Å². The molecule has 5 aromatic rings. The van der Waals surface area contributed by atoms with Gasteiger partial charge in [-0.05, 0) is 90.2 Å². The largest absolute Gasteiger partial charge is 0.493 e. The van der Waals surface area contributed by atoms with E-state index in [0.29, 0.717) is 54.3 Å². The van der Waals surface area contributed by atoms with Gasteiger partial charge in [0.05, 0.1) is 29.5 Å². The zero-order valence-electron chi connectivity index (χ0n) is 29.4. The molecule has 4 aromatic carbocycles. The predicted molar refractivity (Wildman–Crippen MR) is 204 cm³/mol. The molecule has 2 heterocycles. The Kier molecular flexibility index (Phi) is 12.2. The molecule has 1 fully saturated rings. The number of piperazine rings is 1. The molecule has 0 spiro atoms. The highest BCUT2D eigenvalue weighted by Crippen LogP contribution is 2.32. The van der Waals surface area contributed by atoms with E-state index in [2.05, 4.69) is 59.3 Å². The number of carbonyl (C=O) groups excluding carboxylic acids is 1. The van der Waals surface area contributed by atoms with Crippen molar-refractivity contribution in [2.45, 2.75) is 33.4 Å². The number of benzene rings is 4. The number of nitriles is 1. The van der Waals surface area contributed by atoms with E-state index in [0.717, 1.165) is 48.5 Å². The monoisotopic (exact) mass is 712 g/mol. The maximum absolute atomic E-state index is 13.1. The van der Waals surface area contributed by atoms with Crippen molar-refractivity contribution >= 4 is 23.6 Å². The smallest absolute Gasteiger partial charge is 0.246 e. The van der Waals surface area contributed by atoms with Crippen molar-refractivity contribution in [2.24, 2.45) is 0 Å². The van der Waals surface area contributed by atoms with Gasteiger partial charge in [0.2, 0.25) is 11.8 Å². The van der Waals surface area contributed by atoms with Gasteiger partial charge in [-0.15, -0.1) is 0 Å². The number of hydrogen-bond donors (Lipinski definition) is 0. The van der Waals surface area contributed by atoms with Crippen molar-refractivity contribution in [3.8, 4) is 29.2 Å². The quantitative estimate of drug-likeness (QED) is 0.113. The Balaban J connectivity index is 0.931. The standard InChI is InChI=1S/C43H41ClN4O4/c1-31-3-14-38(15-4-31)50-24-19-33-5-9-35(10-6-33)29-47-20-22-48(23-21-47)43(49)18-13-37-26-40(44)41(25-32(37)2)52-42-17-16-39(28-46-42)51-30-36-11-7-34(27-45)8-12-36/h3-18,25-26,28H,19-24,29-30H2,1-2H3/b18-13+. The minimum Gasteiger partial charge on any atom is -0.493 e. The van der Waals surface area contributed by atoms with Crippen LogP contribution in [0.25, 0.3) is 6.08 Å². The highest BCUT2D eigenvalue weighted by molar-refractivity contribution is 6.32. The van der Waals surface area contributed by atoms with E-state index in [-0.39, 0.29) is 5.91 Å². The number of nitrogens with zero attached hydrogens (tertiary/aromatic N) is 4. The summed E-state index contributed by atoms with van der Waals surface area (Å²) >= 11 is 6.59. The molecule has 0 saturated carbocycles. The van der Waals surface area contributed by atoms with Crippen LogP contribution in [0, 0.1) is 25.2 Å². The van der Waals surface area contributed by atoms with E-state index < -0.39 is 0 Å². The van der Waals surface area contributed by atoms with Gasteiger partial charge in [-0.25, -0.2) is 4.98 Å². The van der Waals surface area contributed by atoms with E-state index in [1.54, 1.807) is 42.6 Å². The summed E-state index contributed by atoms with van der Waals surface area (Å²) in [5.41, 5.74) is 7.06. The number of hydrogen-bond acceptors (Lipinski definition) is 7. The number of amides is 1. The number of aromatic nitrogens is 1. The Morgan fingerprint density at radius 1 is 0.846 bits per heavy atom. The Hall–Kier alpha value is -5.62. The highest BCUT2D eigenvalue weighted by atomic mass is 35.5. The first-order valence-electron chi connectivity index (χ1n) is 17.3. The lowest BCUT2D eigenvalue weighted by Gasteiger charge is -2.34. The lowest BCUT2D eigenvalue weighted by atomic mass is 10.1. The van der Waals surface area contributed by atoms with Gasteiger partial charge in [-0.1, -0.05) is 65.7 Å². The van der Waals surface area contributed by atoms with Crippen LogP contribution in [0.4, 0.5) is 0 Å². The number of carbonyl (C=O) groups is 1. The van der Waals surface area contributed by atoms with Crippen molar-refractivity contribution in [3.63, 3.8) is 0 Å². The lowest BCUT2D eigenvalue weighted by molar-refractivity contribution is -0.127. The van der Waals surface area contributed by atoms with Crippen LogP contribution in [0.15, 0.2) is 109 Å². The molecular formula is C43H41ClN4O4. The van der Waals surface area contributed by atoms with Gasteiger partial charge in [0.25, 0.3) is 0 Å². The molecule has 1 amide bonds. The minimum atomic E-state index is -0.0154. The Morgan fingerprint density at radius 3 is 2.23 bits per heavy atom. The van der Waals surface area contributed by atoms with E-state index in [1.165, 1.54) is 16.7 Å². The zero-order chi connectivity index (χ0) is 36.3. The second-order valence-electron chi connectivity index (χ2n) is 12.8. The lowest BCUT2D eigenvalue weighted by Crippen LogP contribution is -2.47. The molecule has 0 atom stereocenters. The first-order valence-corrected chi connectivity index (χ1v) is 17.7. The fourth-order valence-corrected chi connectivity index (χ4v) is 5.99. The molecule has 8 nitrogen and oxygen atoms in total. The average Bonchev–Trinajstić information content (AvgIpc) is 3.17. The molecular weight excluding hydrogens is 672 g/mol.